The van der Waals surface area contributed by atoms with Crippen LogP contribution in [0.1, 0.15) is 15.9 Å². The Hall–Kier alpha value is -2.60. The Balaban J connectivity index is 2.41. The Morgan fingerprint density at radius 1 is 1.33 bits per heavy atom. The minimum Gasteiger partial charge on any atom is -0.478 e. The summed E-state index contributed by atoms with van der Waals surface area (Å²) in [5.74, 6) is -0.836. The molecule has 2 aromatic rings. The number of aryl methyl sites for hydroxylation is 1. The third kappa shape index (κ3) is 3.11. The highest BCUT2D eigenvalue weighted by molar-refractivity contribution is 6.33. The van der Waals surface area contributed by atoms with Crippen molar-refractivity contribution in [2.24, 2.45) is 0 Å². The lowest BCUT2D eigenvalue weighted by atomic mass is 10.2. The van der Waals surface area contributed by atoms with Gasteiger partial charge in [0.15, 0.2) is 0 Å². The van der Waals surface area contributed by atoms with E-state index < -0.39 is 10.9 Å². The molecule has 0 aromatic heterocycles. The number of ether oxygens (including phenoxy) is 1. The average Bonchev–Trinajstić information content (AvgIpc) is 2.40. The third-order valence-corrected chi connectivity index (χ3v) is 3.09. The number of para-hydroxylation sites is 1. The number of hydrogen-bond donors (Lipinski definition) is 1. The summed E-state index contributed by atoms with van der Waals surface area (Å²) >= 11 is 5.84. The molecular weight excluding hydrogens is 298 g/mol. The maximum Gasteiger partial charge on any atom is 0.337 e. The molecular formula is C14H10ClNO5. The van der Waals surface area contributed by atoms with Gasteiger partial charge in [-0.15, -0.1) is 0 Å². The number of halogens is 1. The Morgan fingerprint density at radius 3 is 2.62 bits per heavy atom. The molecule has 0 atom stereocenters. The Kier molecular flexibility index (Phi) is 4.09. The van der Waals surface area contributed by atoms with Gasteiger partial charge in [0.25, 0.3) is 0 Å². The van der Waals surface area contributed by atoms with Crippen LogP contribution in [0.4, 0.5) is 5.69 Å². The molecule has 0 saturated heterocycles. The van der Waals surface area contributed by atoms with E-state index in [9.17, 15) is 14.9 Å². The second kappa shape index (κ2) is 5.80. The normalized spacial score (nSPS) is 10.2. The third-order valence-electron chi connectivity index (χ3n) is 2.78. The summed E-state index contributed by atoms with van der Waals surface area (Å²) in [6.07, 6.45) is 0. The summed E-state index contributed by atoms with van der Waals surface area (Å²) in [6, 6.07) is 8.54. The van der Waals surface area contributed by atoms with Crippen molar-refractivity contribution in [3.8, 4) is 11.5 Å². The number of nitrogens with zero attached hydrogens (tertiary/aromatic N) is 1. The molecule has 0 radical (unpaired) electrons. The van der Waals surface area contributed by atoms with Crippen LogP contribution in [0.3, 0.4) is 0 Å². The van der Waals surface area contributed by atoms with Crippen molar-refractivity contribution in [3.63, 3.8) is 0 Å². The van der Waals surface area contributed by atoms with Crippen molar-refractivity contribution in [2.45, 2.75) is 6.92 Å². The van der Waals surface area contributed by atoms with Crippen LogP contribution in [0.2, 0.25) is 5.02 Å². The number of aromatic carboxylic acids is 1. The Morgan fingerprint density at radius 2 is 2.05 bits per heavy atom. The molecule has 0 spiro atoms. The van der Waals surface area contributed by atoms with E-state index in [1.165, 1.54) is 24.3 Å². The van der Waals surface area contributed by atoms with E-state index >= 15 is 0 Å². The fourth-order valence-corrected chi connectivity index (χ4v) is 2.02. The monoisotopic (exact) mass is 307 g/mol. The van der Waals surface area contributed by atoms with Gasteiger partial charge in [-0.2, -0.15) is 0 Å². The molecule has 0 fully saturated rings. The molecule has 0 amide bonds. The number of hydrogen-bond acceptors (Lipinski definition) is 4. The molecule has 2 rings (SSSR count). The quantitative estimate of drug-likeness (QED) is 0.680. The molecule has 0 aliphatic heterocycles. The molecule has 0 heterocycles. The van der Waals surface area contributed by atoms with E-state index in [4.69, 9.17) is 21.4 Å². The van der Waals surface area contributed by atoms with Crippen LogP contribution >= 0.6 is 11.6 Å². The van der Waals surface area contributed by atoms with E-state index in [0.29, 0.717) is 5.56 Å². The van der Waals surface area contributed by atoms with Crippen LogP contribution in [-0.2, 0) is 0 Å². The number of carboxylic acid groups (broad SMARTS) is 1. The van der Waals surface area contributed by atoms with Crippen LogP contribution in [0, 0.1) is 17.0 Å². The first-order valence-electron chi connectivity index (χ1n) is 5.85. The number of carbonyl (C=O) groups is 1. The molecule has 0 saturated carbocycles. The first kappa shape index (κ1) is 14.8. The molecule has 6 nitrogen and oxygen atoms in total. The lowest BCUT2D eigenvalue weighted by Crippen LogP contribution is -1.98. The van der Waals surface area contributed by atoms with E-state index in [1.807, 2.05) is 0 Å². The van der Waals surface area contributed by atoms with Gasteiger partial charge in [0.1, 0.15) is 5.75 Å². The van der Waals surface area contributed by atoms with E-state index in [2.05, 4.69) is 0 Å². The summed E-state index contributed by atoms with van der Waals surface area (Å²) < 4.78 is 5.50. The molecule has 108 valence electrons. The Labute approximate surface area is 124 Å². The predicted octanol–water partition coefficient (Wildman–Crippen LogP) is 4.05. The fourth-order valence-electron chi connectivity index (χ4n) is 1.76. The average molecular weight is 308 g/mol. The molecule has 0 bridgehead atoms. The topological polar surface area (TPSA) is 89.7 Å². The van der Waals surface area contributed by atoms with E-state index in [1.54, 1.807) is 19.1 Å². The molecule has 0 aliphatic carbocycles. The molecule has 2 aromatic carbocycles. The maximum atomic E-state index is 11.0. The van der Waals surface area contributed by atoms with Crippen LogP contribution in [-0.4, -0.2) is 16.0 Å². The van der Waals surface area contributed by atoms with Crippen molar-refractivity contribution in [1.29, 1.82) is 0 Å². The lowest BCUT2D eigenvalue weighted by molar-refractivity contribution is -0.385. The first-order chi connectivity index (χ1) is 9.90. The molecule has 7 heteroatoms. The minimum absolute atomic E-state index is 0.00348. The maximum absolute atomic E-state index is 11.0. The van der Waals surface area contributed by atoms with Gasteiger partial charge in [-0.3, -0.25) is 10.1 Å². The summed E-state index contributed by atoms with van der Waals surface area (Å²) in [5.41, 5.74) is 0.347. The SMILES string of the molecule is Cc1cccc([N+](=O)[O-])c1Oc1ccc(C(=O)O)c(Cl)c1. The second-order valence-corrected chi connectivity index (χ2v) is 4.64. The molecule has 0 unspecified atom stereocenters. The van der Waals surface area contributed by atoms with Crippen LogP contribution in [0.25, 0.3) is 0 Å². The second-order valence-electron chi connectivity index (χ2n) is 4.23. The van der Waals surface area contributed by atoms with Gasteiger partial charge in [-0.1, -0.05) is 23.7 Å². The molecule has 1 N–H and O–H groups in total. The summed E-state index contributed by atoms with van der Waals surface area (Å²) in [4.78, 5) is 21.3. The van der Waals surface area contributed by atoms with Gasteiger partial charge in [-0.05, 0) is 24.6 Å². The van der Waals surface area contributed by atoms with Crippen molar-refractivity contribution in [3.05, 3.63) is 62.7 Å². The van der Waals surface area contributed by atoms with E-state index in [-0.39, 0.29) is 27.8 Å². The summed E-state index contributed by atoms with van der Waals surface area (Å²) in [6.45, 7) is 1.68. The number of carboxylic acids is 1. The Bertz CT molecular complexity index is 729. The zero-order chi connectivity index (χ0) is 15.6. The van der Waals surface area contributed by atoms with Crippen molar-refractivity contribution in [2.75, 3.05) is 0 Å². The van der Waals surface area contributed by atoms with Gasteiger partial charge < -0.3 is 9.84 Å². The predicted molar refractivity (Wildman–Crippen MR) is 76.3 cm³/mol. The molecule has 21 heavy (non-hydrogen) atoms. The highest BCUT2D eigenvalue weighted by Crippen LogP contribution is 2.35. The summed E-state index contributed by atoms with van der Waals surface area (Å²) in [7, 11) is 0. The van der Waals surface area contributed by atoms with Crippen molar-refractivity contribution in [1.82, 2.24) is 0 Å². The fraction of sp³-hybridized carbons (Fsp3) is 0.0714. The zero-order valence-electron chi connectivity index (χ0n) is 10.9. The van der Waals surface area contributed by atoms with Gasteiger partial charge in [0.05, 0.1) is 15.5 Å². The van der Waals surface area contributed by atoms with Gasteiger partial charge in [0.2, 0.25) is 5.75 Å². The standard InChI is InChI=1S/C14H10ClNO5/c1-8-3-2-4-12(16(19)20)13(8)21-9-5-6-10(14(17)18)11(15)7-9/h2-7H,1H3,(H,17,18). The number of benzene rings is 2. The highest BCUT2D eigenvalue weighted by atomic mass is 35.5. The van der Waals surface area contributed by atoms with Crippen molar-refractivity contribution < 1.29 is 19.6 Å². The first-order valence-corrected chi connectivity index (χ1v) is 6.22. The summed E-state index contributed by atoms with van der Waals surface area (Å²) in [5, 5.41) is 19.9. The molecule has 0 aliphatic rings. The number of nitro groups is 1. The van der Waals surface area contributed by atoms with Gasteiger partial charge in [0, 0.05) is 12.1 Å². The highest BCUT2D eigenvalue weighted by Gasteiger charge is 2.18. The van der Waals surface area contributed by atoms with Gasteiger partial charge >= 0.3 is 11.7 Å². The van der Waals surface area contributed by atoms with E-state index in [0.717, 1.165) is 0 Å². The van der Waals surface area contributed by atoms with Crippen LogP contribution in [0.5, 0.6) is 11.5 Å². The smallest absolute Gasteiger partial charge is 0.337 e. The zero-order valence-corrected chi connectivity index (χ0v) is 11.6. The number of nitro benzene ring substituents is 1. The largest absolute Gasteiger partial charge is 0.478 e. The minimum atomic E-state index is -1.16. The van der Waals surface area contributed by atoms with Crippen LogP contribution < -0.4 is 4.74 Å². The van der Waals surface area contributed by atoms with Crippen molar-refractivity contribution >= 4 is 23.3 Å². The van der Waals surface area contributed by atoms with Gasteiger partial charge in [-0.25, -0.2) is 4.79 Å². The lowest BCUT2D eigenvalue weighted by Gasteiger charge is -2.10. The number of rotatable bonds is 4. The van der Waals surface area contributed by atoms with Crippen LogP contribution in [0.15, 0.2) is 36.4 Å².